The first kappa shape index (κ1) is 14.6. The van der Waals surface area contributed by atoms with Crippen LogP contribution in [0, 0.1) is 0 Å². The first-order valence-electron chi connectivity index (χ1n) is 5.74. The molecule has 0 atom stereocenters. The van der Waals surface area contributed by atoms with Gasteiger partial charge in [-0.25, -0.2) is 0 Å². The third-order valence-electron chi connectivity index (χ3n) is 2.80. The van der Waals surface area contributed by atoms with Crippen molar-refractivity contribution < 1.29 is 5.11 Å². The first-order chi connectivity index (χ1) is 8.29. The predicted molar refractivity (Wildman–Crippen MR) is 78.2 cm³/mol. The molecule has 0 aliphatic carbocycles. The van der Waals surface area contributed by atoms with E-state index < -0.39 is 0 Å². The Morgan fingerprint density at radius 1 is 0.944 bits per heavy atom. The van der Waals surface area contributed by atoms with Crippen molar-refractivity contribution in [1.82, 2.24) is 0 Å². The summed E-state index contributed by atoms with van der Waals surface area (Å²) in [5.74, 6) is 0. The van der Waals surface area contributed by atoms with E-state index in [4.69, 9.17) is 5.11 Å². The van der Waals surface area contributed by atoms with Crippen LogP contribution in [0.2, 0.25) is 0 Å². The second-order valence-corrected chi connectivity index (χ2v) is 4.17. The molecule has 0 aromatic heterocycles. The minimum Gasteiger partial charge on any atom is -0.392 e. The summed E-state index contributed by atoms with van der Waals surface area (Å²) in [6, 6.07) is 18.3. The average Bonchev–Trinajstić information content (AvgIpc) is 2.40. The highest BCUT2D eigenvalue weighted by Gasteiger charge is 2.02. The maximum absolute atomic E-state index is 9.12. The summed E-state index contributed by atoms with van der Waals surface area (Å²) in [5, 5.41) is 9.12. The molecule has 0 aliphatic rings. The van der Waals surface area contributed by atoms with E-state index in [-0.39, 0.29) is 19.0 Å². The van der Waals surface area contributed by atoms with Gasteiger partial charge in [0.2, 0.25) is 0 Å². The van der Waals surface area contributed by atoms with Crippen molar-refractivity contribution in [3.05, 3.63) is 65.7 Å². The number of halogens is 1. The molecule has 2 rings (SSSR count). The van der Waals surface area contributed by atoms with Crippen LogP contribution in [0.3, 0.4) is 0 Å². The number of hydrogen-bond acceptors (Lipinski definition) is 2. The molecule has 0 unspecified atom stereocenters. The molecular formula is C15H18ClNO. The molecule has 96 valence electrons. The Balaban J connectivity index is 0.00000162. The molecule has 0 spiro atoms. The van der Waals surface area contributed by atoms with Crippen LogP contribution in [0.15, 0.2) is 54.6 Å². The third-order valence-corrected chi connectivity index (χ3v) is 2.80. The van der Waals surface area contributed by atoms with Gasteiger partial charge in [0, 0.05) is 19.3 Å². The molecule has 2 aromatic carbocycles. The van der Waals surface area contributed by atoms with E-state index in [2.05, 4.69) is 30.1 Å². The summed E-state index contributed by atoms with van der Waals surface area (Å²) in [5.41, 5.74) is 3.35. The highest BCUT2D eigenvalue weighted by Crippen LogP contribution is 2.17. The van der Waals surface area contributed by atoms with Gasteiger partial charge in [0.05, 0.1) is 6.61 Å². The van der Waals surface area contributed by atoms with Gasteiger partial charge in [0.25, 0.3) is 0 Å². The van der Waals surface area contributed by atoms with E-state index >= 15 is 0 Å². The standard InChI is InChI=1S/C15H17NO.ClH/c1-16(11-13-6-3-2-4-7-13)15-9-5-8-14(10-15)12-17;/h2-10,17H,11-12H2,1H3;1H. The normalized spacial score (nSPS) is 9.67. The molecule has 0 heterocycles. The fraction of sp³-hybridized carbons (Fsp3) is 0.200. The Kier molecular flexibility index (Phi) is 5.69. The van der Waals surface area contributed by atoms with Crippen molar-refractivity contribution in [3.8, 4) is 0 Å². The molecule has 18 heavy (non-hydrogen) atoms. The summed E-state index contributed by atoms with van der Waals surface area (Å²) in [6.07, 6.45) is 0. The fourth-order valence-corrected chi connectivity index (χ4v) is 1.84. The molecule has 0 saturated carbocycles. The highest BCUT2D eigenvalue weighted by atomic mass is 35.5. The third kappa shape index (κ3) is 3.76. The maximum atomic E-state index is 9.12. The van der Waals surface area contributed by atoms with E-state index in [1.54, 1.807) is 0 Å². The van der Waals surface area contributed by atoms with Crippen molar-refractivity contribution in [3.63, 3.8) is 0 Å². The summed E-state index contributed by atoms with van der Waals surface area (Å²) >= 11 is 0. The lowest BCUT2D eigenvalue weighted by atomic mass is 10.1. The summed E-state index contributed by atoms with van der Waals surface area (Å²) in [6.45, 7) is 0.961. The van der Waals surface area contributed by atoms with Gasteiger partial charge in [-0.2, -0.15) is 0 Å². The van der Waals surface area contributed by atoms with Gasteiger partial charge in [0.15, 0.2) is 0 Å². The number of anilines is 1. The lowest BCUT2D eigenvalue weighted by molar-refractivity contribution is 0.282. The number of aliphatic hydroxyl groups is 1. The first-order valence-corrected chi connectivity index (χ1v) is 5.74. The van der Waals surface area contributed by atoms with Crippen LogP contribution in [0.4, 0.5) is 5.69 Å². The molecule has 0 aliphatic heterocycles. The second kappa shape index (κ2) is 7.04. The van der Waals surface area contributed by atoms with Crippen LogP contribution >= 0.6 is 12.4 Å². The van der Waals surface area contributed by atoms with Gasteiger partial charge in [-0.05, 0) is 23.3 Å². The van der Waals surface area contributed by atoms with Crippen LogP contribution in [0.25, 0.3) is 0 Å². The Morgan fingerprint density at radius 3 is 2.28 bits per heavy atom. The average molecular weight is 264 g/mol. The van der Waals surface area contributed by atoms with Gasteiger partial charge in [0.1, 0.15) is 0 Å². The number of nitrogens with zero attached hydrogens (tertiary/aromatic N) is 1. The van der Waals surface area contributed by atoms with Gasteiger partial charge in [-0.1, -0.05) is 42.5 Å². The minimum atomic E-state index is 0. The molecule has 0 fully saturated rings. The number of hydrogen-bond donors (Lipinski definition) is 1. The predicted octanol–water partition coefficient (Wildman–Crippen LogP) is 3.24. The molecule has 0 bridgehead atoms. The largest absolute Gasteiger partial charge is 0.392 e. The van der Waals surface area contributed by atoms with E-state index in [0.717, 1.165) is 17.8 Å². The quantitative estimate of drug-likeness (QED) is 0.916. The van der Waals surface area contributed by atoms with Gasteiger partial charge >= 0.3 is 0 Å². The monoisotopic (exact) mass is 263 g/mol. The Bertz CT molecular complexity index is 473. The van der Waals surface area contributed by atoms with Crippen LogP contribution in [0.1, 0.15) is 11.1 Å². The van der Waals surface area contributed by atoms with Crippen molar-refractivity contribution in [2.24, 2.45) is 0 Å². The van der Waals surface area contributed by atoms with E-state index in [1.807, 2.05) is 36.4 Å². The smallest absolute Gasteiger partial charge is 0.0682 e. The van der Waals surface area contributed by atoms with Crippen LogP contribution < -0.4 is 4.90 Å². The topological polar surface area (TPSA) is 23.5 Å². The summed E-state index contributed by atoms with van der Waals surface area (Å²) < 4.78 is 0. The number of rotatable bonds is 4. The van der Waals surface area contributed by atoms with Crippen LogP contribution in [-0.2, 0) is 13.2 Å². The number of aliphatic hydroxyl groups excluding tert-OH is 1. The summed E-state index contributed by atoms with van der Waals surface area (Å²) in [4.78, 5) is 2.18. The van der Waals surface area contributed by atoms with Gasteiger partial charge in [-0.3, -0.25) is 0 Å². The second-order valence-electron chi connectivity index (χ2n) is 4.17. The highest BCUT2D eigenvalue weighted by molar-refractivity contribution is 5.85. The van der Waals surface area contributed by atoms with Crippen molar-refractivity contribution in [2.75, 3.05) is 11.9 Å². The zero-order valence-electron chi connectivity index (χ0n) is 10.4. The molecule has 0 saturated heterocycles. The Hall–Kier alpha value is -1.51. The van der Waals surface area contributed by atoms with Crippen molar-refractivity contribution in [2.45, 2.75) is 13.2 Å². The van der Waals surface area contributed by atoms with Crippen molar-refractivity contribution in [1.29, 1.82) is 0 Å². The van der Waals surface area contributed by atoms with Gasteiger partial charge in [-0.15, -0.1) is 12.4 Å². The van der Waals surface area contributed by atoms with Crippen LogP contribution in [-0.4, -0.2) is 12.2 Å². The fourth-order valence-electron chi connectivity index (χ4n) is 1.84. The zero-order chi connectivity index (χ0) is 12.1. The molecule has 3 heteroatoms. The van der Waals surface area contributed by atoms with Crippen molar-refractivity contribution >= 4 is 18.1 Å². The Labute approximate surface area is 114 Å². The van der Waals surface area contributed by atoms with Crippen LogP contribution in [0.5, 0.6) is 0 Å². The molecule has 0 amide bonds. The summed E-state index contributed by atoms with van der Waals surface area (Å²) in [7, 11) is 2.06. The van der Waals surface area contributed by atoms with E-state index in [9.17, 15) is 0 Å². The van der Waals surface area contributed by atoms with E-state index in [1.165, 1.54) is 5.56 Å². The SMILES string of the molecule is CN(Cc1ccccc1)c1cccc(CO)c1.Cl. The molecular weight excluding hydrogens is 246 g/mol. The minimum absolute atomic E-state index is 0. The van der Waals surface area contributed by atoms with E-state index in [0.29, 0.717) is 0 Å². The lowest BCUT2D eigenvalue weighted by Crippen LogP contribution is -2.16. The number of benzene rings is 2. The molecule has 2 nitrogen and oxygen atoms in total. The lowest BCUT2D eigenvalue weighted by Gasteiger charge is -2.20. The van der Waals surface area contributed by atoms with Gasteiger partial charge < -0.3 is 10.0 Å². The molecule has 0 radical (unpaired) electrons. The molecule has 2 aromatic rings. The maximum Gasteiger partial charge on any atom is 0.0682 e. The zero-order valence-corrected chi connectivity index (χ0v) is 11.2. The molecule has 1 N–H and O–H groups in total. The Morgan fingerprint density at radius 2 is 1.61 bits per heavy atom.